The minimum atomic E-state index is 0.0154. The van der Waals surface area contributed by atoms with E-state index in [1.54, 1.807) is 25.4 Å². The molecule has 0 unspecified atom stereocenters. The van der Waals surface area contributed by atoms with E-state index in [0.717, 1.165) is 10.6 Å². The number of carbonyl (C=O) groups is 1. The van der Waals surface area contributed by atoms with Crippen molar-refractivity contribution in [3.8, 4) is 16.3 Å². The molecule has 0 saturated carbocycles. The third-order valence-corrected chi connectivity index (χ3v) is 3.61. The molecule has 0 aliphatic heterocycles. The molecule has 5 heteroatoms. The molecule has 0 N–H and O–H groups in total. The van der Waals surface area contributed by atoms with Gasteiger partial charge in [0.1, 0.15) is 10.8 Å². The molecule has 0 fully saturated rings. The first kappa shape index (κ1) is 12.1. The number of thiazole rings is 1. The number of rotatable bonds is 3. The van der Waals surface area contributed by atoms with Gasteiger partial charge in [0.2, 0.25) is 0 Å². The van der Waals surface area contributed by atoms with Crippen LogP contribution >= 0.6 is 22.9 Å². The van der Waals surface area contributed by atoms with Crippen molar-refractivity contribution >= 4 is 28.7 Å². The van der Waals surface area contributed by atoms with Crippen LogP contribution in [0.25, 0.3) is 10.6 Å². The summed E-state index contributed by atoms with van der Waals surface area (Å²) < 4.78 is 5.25. The molecule has 1 heterocycles. The average molecular weight is 268 g/mol. The van der Waals surface area contributed by atoms with Crippen LogP contribution in [0.5, 0.6) is 5.75 Å². The van der Waals surface area contributed by atoms with Crippen molar-refractivity contribution in [3.63, 3.8) is 0 Å². The number of ether oxygens (including phenoxy) is 1. The fourth-order valence-electron chi connectivity index (χ4n) is 1.40. The summed E-state index contributed by atoms with van der Waals surface area (Å²) in [6.07, 6.45) is 1.58. The van der Waals surface area contributed by atoms with Gasteiger partial charge in [-0.25, -0.2) is 4.98 Å². The van der Waals surface area contributed by atoms with Crippen molar-refractivity contribution in [2.75, 3.05) is 7.11 Å². The largest absolute Gasteiger partial charge is 0.496 e. The number of carbonyl (C=O) groups excluding carboxylic acids is 1. The molecule has 2 aromatic rings. The molecule has 3 nitrogen and oxygen atoms in total. The van der Waals surface area contributed by atoms with Gasteiger partial charge in [0, 0.05) is 18.1 Å². The van der Waals surface area contributed by atoms with E-state index in [4.69, 9.17) is 16.3 Å². The fraction of sp³-hybridized carbons (Fsp3) is 0.167. The number of nitrogens with zero attached hydrogens (tertiary/aromatic N) is 1. The Morgan fingerprint density at radius 3 is 2.82 bits per heavy atom. The van der Waals surface area contributed by atoms with E-state index in [9.17, 15) is 4.79 Å². The van der Waals surface area contributed by atoms with Crippen molar-refractivity contribution in [2.24, 2.45) is 0 Å². The highest BCUT2D eigenvalue weighted by molar-refractivity contribution is 7.17. The van der Waals surface area contributed by atoms with Crippen LogP contribution in [-0.2, 0) is 0 Å². The smallest absolute Gasteiger partial charge is 0.171 e. The summed E-state index contributed by atoms with van der Waals surface area (Å²) in [6.45, 7) is 1.52. The molecule has 1 aromatic carbocycles. The maximum atomic E-state index is 11.2. The number of benzene rings is 1. The molecular formula is C12H10ClNO2S. The summed E-state index contributed by atoms with van der Waals surface area (Å²) in [5.74, 6) is 0.670. The molecular weight excluding hydrogens is 258 g/mol. The Labute approximate surface area is 108 Å². The Bertz CT molecular complexity index is 565. The summed E-state index contributed by atoms with van der Waals surface area (Å²) in [6, 6.07) is 5.34. The Morgan fingerprint density at radius 1 is 1.47 bits per heavy atom. The number of Topliss-reactive ketones (excluding diaryl/α,β-unsaturated/α-hetero) is 1. The van der Waals surface area contributed by atoms with E-state index in [1.807, 2.05) is 6.07 Å². The van der Waals surface area contributed by atoms with Crippen molar-refractivity contribution in [1.82, 2.24) is 4.98 Å². The number of ketones is 1. The average Bonchev–Trinajstić information content (AvgIpc) is 2.78. The lowest BCUT2D eigenvalue weighted by atomic mass is 10.2. The fourth-order valence-corrected chi connectivity index (χ4v) is 2.41. The SMILES string of the molecule is COc1cc(Cl)ccc1-c1ncc(C(C)=O)s1. The Kier molecular flexibility index (Phi) is 3.45. The molecule has 0 atom stereocenters. The van der Waals surface area contributed by atoms with Crippen LogP contribution in [0.4, 0.5) is 0 Å². The van der Waals surface area contributed by atoms with Crippen molar-refractivity contribution < 1.29 is 9.53 Å². The molecule has 1 aromatic heterocycles. The van der Waals surface area contributed by atoms with E-state index < -0.39 is 0 Å². The molecule has 0 aliphatic carbocycles. The van der Waals surface area contributed by atoms with Gasteiger partial charge in [-0.15, -0.1) is 11.3 Å². The van der Waals surface area contributed by atoms with E-state index >= 15 is 0 Å². The summed E-state index contributed by atoms with van der Waals surface area (Å²) in [5.41, 5.74) is 0.842. The Hall–Kier alpha value is -1.39. The second kappa shape index (κ2) is 4.85. The third-order valence-electron chi connectivity index (χ3n) is 2.25. The van der Waals surface area contributed by atoms with Crippen molar-refractivity contribution in [2.45, 2.75) is 6.92 Å². The molecule has 17 heavy (non-hydrogen) atoms. The van der Waals surface area contributed by atoms with Gasteiger partial charge >= 0.3 is 0 Å². The zero-order valence-corrected chi connectivity index (χ0v) is 10.9. The van der Waals surface area contributed by atoms with Gasteiger partial charge in [0.05, 0.1) is 17.6 Å². The van der Waals surface area contributed by atoms with Crippen molar-refractivity contribution in [3.05, 3.63) is 34.3 Å². The first-order chi connectivity index (χ1) is 8.11. The molecule has 0 saturated heterocycles. The Balaban J connectivity index is 2.48. The van der Waals surface area contributed by atoms with E-state index in [-0.39, 0.29) is 5.78 Å². The van der Waals surface area contributed by atoms with Crippen LogP contribution in [0.3, 0.4) is 0 Å². The third kappa shape index (κ3) is 2.48. The van der Waals surface area contributed by atoms with Gasteiger partial charge < -0.3 is 4.74 Å². The van der Waals surface area contributed by atoms with Gasteiger partial charge in [-0.05, 0) is 18.2 Å². The van der Waals surface area contributed by atoms with E-state index in [1.165, 1.54) is 18.3 Å². The van der Waals surface area contributed by atoms with E-state index in [2.05, 4.69) is 4.98 Å². The van der Waals surface area contributed by atoms with Gasteiger partial charge in [0.25, 0.3) is 0 Å². The molecule has 0 aliphatic rings. The first-order valence-corrected chi connectivity index (χ1v) is 6.12. The van der Waals surface area contributed by atoms with Gasteiger partial charge in [0.15, 0.2) is 5.78 Å². The second-order valence-corrected chi connectivity index (χ2v) is 4.90. The van der Waals surface area contributed by atoms with Gasteiger partial charge in [-0.3, -0.25) is 4.79 Å². The lowest BCUT2D eigenvalue weighted by Gasteiger charge is -2.05. The molecule has 0 spiro atoms. The van der Waals surface area contributed by atoms with Crippen LogP contribution in [0, 0.1) is 0 Å². The summed E-state index contributed by atoms with van der Waals surface area (Å²) in [5, 5.41) is 1.36. The van der Waals surface area contributed by atoms with Crippen LogP contribution in [-0.4, -0.2) is 17.9 Å². The van der Waals surface area contributed by atoms with Crippen LogP contribution in [0.2, 0.25) is 5.02 Å². The van der Waals surface area contributed by atoms with Gasteiger partial charge in [-0.1, -0.05) is 11.6 Å². The predicted molar refractivity (Wildman–Crippen MR) is 69.1 cm³/mol. The highest BCUT2D eigenvalue weighted by atomic mass is 35.5. The summed E-state index contributed by atoms with van der Waals surface area (Å²) >= 11 is 7.23. The molecule has 0 radical (unpaired) electrons. The number of hydrogen-bond acceptors (Lipinski definition) is 4. The van der Waals surface area contributed by atoms with Crippen LogP contribution in [0.1, 0.15) is 16.6 Å². The highest BCUT2D eigenvalue weighted by Crippen LogP contribution is 2.34. The maximum absolute atomic E-state index is 11.2. The number of aromatic nitrogens is 1. The number of hydrogen-bond donors (Lipinski definition) is 0. The lowest BCUT2D eigenvalue weighted by molar-refractivity contribution is 0.102. The van der Waals surface area contributed by atoms with E-state index in [0.29, 0.717) is 15.6 Å². The molecule has 88 valence electrons. The van der Waals surface area contributed by atoms with Crippen LogP contribution < -0.4 is 4.74 Å². The second-order valence-electron chi connectivity index (χ2n) is 3.43. The number of halogens is 1. The Morgan fingerprint density at radius 2 is 2.24 bits per heavy atom. The minimum absolute atomic E-state index is 0.0154. The zero-order chi connectivity index (χ0) is 12.4. The van der Waals surface area contributed by atoms with Crippen LogP contribution in [0.15, 0.2) is 24.4 Å². The highest BCUT2D eigenvalue weighted by Gasteiger charge is 2.12. The molecule has 2 rings (SSSR count). The monoisotopic (exact) mass is 267 g/mol. The number of methoxy groups -OCH3 is 1. The lowest BCUT2D eigenvalue weighted by Crippen LogP contribution is -1.87. The topological polar surface area (TPSA) is 39.2 Å². The normalized spacial score (nSPS) is 10.3. The standard InChI is InChI=1S/C12H10ClNO2S/c1-7(15)11-6-14-12(17-11)9-4-3-8(13)5-10(9)16-2/h3-6H,1-2H3. The minimum Gasteiger partial charge on any atom is -0.496 e. The maximum Gasteiger partial charge on any atom is 0.171 e. The summed E-state index contributed by atoms with van der Waals surface area (Å²) in [7, 11) is 1.58. The van der Waals surface area contributed by atoms with Crippen molar-refractivity contribution in [1.29, 1.82) is 0 Å². The van der Waals surface area contributed by atoms with Gasteiger partial charge in [-0.2, -0.15) is 0 Å². The molecule has 0 bridgehead atoms. The molecule has 0 amide bonds. The zero-order valence-electron chi connectivity index (χ0n) is 9.36. The first-order valence-electron chi connectivity index (χ1n) is 4.92. The predicted octanol–water partition coefficient (Wildman–Crippen LogP) is 3.67. The quantitative estimate of drug-likeness (QED) is 0.797. The summed E-state index contributed by atoms with van der Waals surface area (Å²) in [4.78, 5) is 16.1.